The SMILES string of the molecule is CCOc1c(Cl)cc(C(=O)OCc2cc(=O)oc3cc(O)ccc23)cc1OC. The fourth-order valence-electron chi connectivity index (χ4n) is 2.69. The smallest absolute Gasteiger partial charge is 0.338 e. The van der Waals surface area contributed by atoms with Crippen LogP contribution in [0.15, 0.2) is 45.6 Å². The van der Waals surface area contributed by atoms with Crippen LogP contribution in [0.5, 0.6) is 17.2 Å². The molecule has 0 aliphatic rings. The van der Waals surface area contributed by atoms with Gasteiger partial charge in [-0.05, 0) is 31.2 Å². The van der Waals surface area contributed by atoms with Gasteiger partial charge < -0.3 is 23.7 Å². The number of hydrogen-bond acceptors (Lipinski definition) is 7. The molecule has 8 heteroatoms. The Morgan fingerprint density at radius 1 is 1.21 bits per heavy atom. The summed E-state index contributed by atoms with van der Waals surface area (Å²) >= 11 is 6.18. The highest BCUT2D eigenvalue weighted by Crippen LogP contribution is 2.36. The van der Waals surface area contributed by atoms with Gasteiger partial charge in [0.2, 0.25) is 0 Å². The molecule has 1 aromatic heterocycles. The molecule has 0 radical (unpaired) electrons. The summed E-state index contributed by atoms with van der Waals surface area (Å²) in [5, 5.41) is 10.3. The first-order valence-electron chi connectivity index (χ1n) is 8.36. The number of aromatic hydroxyl groups is 1. The molecule has 7 nitrogen and oxygen atoms in total. The Labute approximate surface area is 165 Å². The van der Waals surface area contributed by atoms with Gasteiger partial charge in [0.15, 0.2) is 11.5 Å². The van der Waals surface area contributed by atoms with Crippen LogP contribution >= 0.6 is 11.6 Å². The predicted molar refractivity (Wildman–Crippen MR) is 102 cm³/mol. The average Bonchev–Trinajstić information content (AvgIpc) is 2.66. The second kappa shape index (κ2) is 8.22. The third kappa shape index (κ3) is 4.04. The van der Waals surface area contributed by atoms with Crippen LogP contribution in [0.2, 0.25) is 5.02 Å². The zero-order chi connectivity index (χ0) is 20.3. The lowest BCUT2D eigenvalue weighted by Gasteiger charge is -2.13. The summed E-state index contributed by atoms with van der Waals surface area (Å²) in [6.45, 7) is 2.02. The minimum atomic E-state index is -0.650. The van der Waals surface area contributed by atoms with E-state index in [1.54, 1.807) is 13.0 Å². The van der Waals surface area contributed by atoms with Crippen molar-refractivity contribution in [2.24, 2.45) is 0 Å². The van der Waals surface area contributed by atoms with E-state index in [1.807, 2.05) is 0 Å². The molecule has 0 unspecified atom stereocenters. The first kappa shape index (κ1) is 19.6. The number of phenols is 1. The van der Waals surface area contributed by atoms with E-state index in [-0.39, 0.29) is 28.5 Å². The van der Waals surface area contributed by atoms with E-state index in [9.17, 15) is 14.7 Å². The minimum Gasteiger partial charge on any atom is -0.508 e. The van der Waals surface area contributed by atoms with Crippen LogP contribution in [0.4, 0.5) is 0 Å². The quantitative estimate of drug-likeness (QED) is 0.491. The van der Waals surface area contributed by atoms with E-state index in [1.165, 1.54) is 37.4 Å². The fourth-order valence-corrected chi connectivity index (χ4v) is 2.95. The summed E-state index contributed by atoms with van der Waals surface area (Å²) in [4.78, 5) is 24.2. The van der Waals surface area contributed by atoms with Gasteiger partial charge in [-0.25, -0.2) is 9.59 Å². The second-order valence-electron chi connectivity index (χ2n) is 5.77. The topological polar surface area (TPSA) is 95.2 Å². The Bertz CT molecular complexity index is 1090. The number of methoxy groups -OCH3 is 1. The molecule has 0 saturated heterocycles. The lowest BCUT2D eigenvalue weighted by molar-refractivity contribution is 0.0473. The zero-order valence-corrected chi connectivity index (χ0v) is 15.9. The zero-order valence-electron chi connectivity index (χ0n) is 15.2. The first-order chi connectivity index (χ1) is 13.4. The van der Waals surface area contributed by atoms with Crippen LogP contribution in [0.25, 0.3) is 11.0 Å². The van der Waals surface area contributed by atoms with Crippen LogP contribution < -0.4 is 15.1 Å². The Hall–Kier alpha value is -3.19. The molecule has 0 bridgehead atoms. The molecule has 0 saturated carbocycles. The number of carbonyl (C=O) groups excluding carboxylic acids is 1. The van der Waals surface area contributed by atoms with Crippen molar-refractivity contribution in [3.8, 4) is 17.2 Å². The van der Waals surface area contributed by atoms with Gasteiger partial charge in [-0.1, -0.05) is 11.6 Å². The van der Waals surface area contributed by atoms with Gasteiger partial charge in [0.05, 0.1) is 24.3 Å². The number of rotatable bonds is 6. The molecular weight excluding hydrogens is 388 g/mol. The van der Waals surface area contributed by atoms with Gasteiger partial charge in [-0.15, -0.1) is 0 Å². The molecular formula is C20H17ClO7. The maximum atomic E-state index is 12.5. The van der Waals surface area contributed by atoms with E-state index in [0.29, 0.717) is 29.1 Å². The van der Waals surface area contributed by atoms with Crippen molar-refractivity contribution in [3.63, 3.8) is 0 Å². The monoisotopic (exact) mass is 404 g/mol. The van der Waals surface area contributed by atoms with Crippen molar-refractivity contribution in [3.05, 3.63) is 63.0 Å². The van der Waals surface area contributed by atoms with Gasteiger partial charge in [0.1, 0.15) is 17.9 Å². The van der Waals surface area contributed by atoms with Crippen LogP contribution in [0.1, 0.15) is 22.8 Å². The highest BCUT2D eigenvalue weighted by Gasteiger charge is 2.17. The number of phenolic OH excluding ortho intramolecular Hbond substituents is 1. The number of carbonyl (C=O) groups is 1. The summed E-state index contributed by atoms with van der Waals surface area (Å²) < 4.78 is 21.0. The summed E-state index contributed by atoms with van der Waals surface area (Å²) in [5.74, 6) is -0.0402. The Balaban J connectivity index is 1.86. The van der Waals surface area contributed by atoms with Crippen molar-refractivity contribution >= 4 is 28.5 Å². The summed E-state index contributed by atoms with van der Waals surface area (Å²) in [7, 11) is 1.44. The predicted octanol–water partition coefficient (Wildman–Crippen LogP) is 3.92. The third-order valence-electron chi connectivity index (χ3n) is 3.93. The first-order valence-corrected chi connectivity index (χ1v) is 8.74. The van der Waals surface area contributed by atoms with Gasteiger partial charge >= 0.3 is 11.6 Å². The molecule has 0 atom stereocenters. The molecule has 0 spiro atoms. The molecule has 28 heavy (non-hydrogen) atoms. The maximum Gasteiger partial charge on any atom is 0.338 e. The van der Waals surface area contributed by atoms with Gasteiger partial charge in [0.25, 0.3) is 0 Å². The summed E-state index contributed by atoms with van der Waals surface area (Å²) in [5.41, 5.74) is 0.207. The van der Waals surface area contributed by atoms with Gasteiger partial charge in [-0.3, -0.25) is 0 Å². The number of benzene rings is 2. The highest BCUT2D eigenvalue weighted by molar-refractivity contribution is 6.32. The Kier molecular flexibility index (Phi) is 5.75. The summed E-state index contributed by atoms with van der Waals surface area (Å²) in [6, 6.07) is 8.47. The molecule has 0 amide bonds. The molecule has 3 aromatic rings. The van der Waals surface area contributed by atoms with Crippen molar-refractivity contribution in [2.75, 3.05) is 13.7 Å². The van der Waals surface area contributed by atoms with Crippen LogP contribution in [0, 0.1) is 0 Å². The molecule has 1 N–H and O–H groups in total. The van der Waals surface area contributed by atoms with Crippen molar-refractivity contribution in [2.45, 2.75) is 13.5 Å². The van der Waals surface area contributed by atoms with Crippen LogP contribution in [-0.2, 0) is 11.3 Å². The van der Waals surface area contributed by atoms with Gasteiger partial charge in [-0.2, -0.15) is 0 Å². The normalized spacial score (nSPS) is 10.7. The van der Waals surface area contributed by atoms with E-state index in [4.69, 9.17) is 30.2 Å². The van der Waals surface area contributed by atoms with Crippen molar-refractivity contribution in [1.29, 1.82) is 0 Å². The lowest BCUT2D eigenvalue weighted by Crippen LogP contribution is -2.09. The Morgan fingerprint density at radius 3 is 2.71 bits per heavy atom. The van der Waals surface area contributed by atoms with Crippen LogP contribution in [0.3, 0.4) is 0 Å². The van der Waals surface area contributed by atoms with E-state index in [0.717, 1.165) is 0 Å². The van der Waals surface area contributed by atoms with Gasteiger partial charge in [0, 0.05) is 23.1 Å². The number of ether oxygens (including phenoxy) is 3. The highest BCUT2D eigenvalue weighted by atomic mass is 35.5. The average molecular weight is 405 g/mol. The number of fused-ring (bicyclic) bond motifs is 1. The largest absolute Gasteiger partial charge is 0.508 e. The van der Waals surface area contributed by atoms with E-state index >= 15 is 0 Å². The fraction of sp³-hybridized carbons (Fsp3) is 0.200. The van der Waals surface area contributed by atoms with Crippen LogP contribution in [-0.4, -0.2) is 24.8 Å². The number of esters is 1. The number of hydrogen-bond donors (Lipinski definition) is 1. The lowest BCUT2D eigenvalue weighted by atomic mass is 10.1. The standard InChI is InChI=1S/C20H17ClO7/c1-3-26-19-15(21)6-11(7-17(19)25-2)20(24)27-10-12-8-18(23)28-16-9-13(22)4-5-14(12)16/h4-9,22H,3,10H2,1-2H3. The van der Waals surface area contributed by atoms with E-state index in [2.05, 4.69) is 0 Å². The Morgan fingerprint density at radius 2 is 2.00 bits per heavy atom. The molecule has 1 heterocycles. The van der Waals surface area contributed by atoms with Crippen molar-refractivity contribution < 1.29 is 28.5 Å². The molecule has 3 rings (SSSR count). The second-order valence-corrected chi connectivity index (χ2v) is 6.18. The molecule has 0 aliphatic heterocycles. The minimum absolute atomic E-state index is 0.0408. The molecule has 146 valence electrons. The number of halogens is 1. The molecule has 0 aliphatic carbocycles. The summed E-state index contributed by atoms with van der Waals surface area (Å²) in [6.07, 6.45) is 0. The molecule has 2 aromatic carbocycles. The molecule has 0 fully saturated rings. The maximum absolute atomic E-state index is 12.5. The van der Waals surface area contributed by atoms with E-state index < -0.39 is 11.6 Å². The third-order valence-corrected chi connectivity index (χ3v) is 4.21. The van der Waals surface area contributed by atoms with Crippen molar-refractivity contribution in [1.82, 2.24) is 0 Å².